The molecule has 152 valence electrons. The highest BCUT2D eigenvalue weighted by Crippen LogP contribution is 2.29. The minimum Gasteiger partial charge on any atom is -0.404 e. The third-order valence-corrected chi connectivity index (χ3v) is 5.31. The molecule has 0 saturated carbocycles. The van der Waals surface area contributed by atoms with E-state index in [0.717, 1.165) is 16.3 Å². The molecule has 0 aliphatic carbocycles. The lowest BCUT2D eigenvalue weighted by atomic mass is 9.90. The molecule has 7 heteroatoms. The zero-order chi connectivity index (χ0) is 22.0. The Hall–Kier alpha value is -4.28. The number of benzene rings is 3. The molecule has 0 amide bonds. The highest BCUT2D eigenvalue weighted by molar-refractivity contribution is 6.33. The second-order valence-electron chi connectivity index (χ2n) is 6.94. The molecule has 1 aromatic heterocycles. The third kappa shape index (κ3) is 3.35. The molecule has 0 atom stereocenters. The fourth-order valence-electron chi connectivity index (χ4n) is 3.83. The molecule has 0 bridgehead atoms. The van der Waals surface area contributed by atoms with Gasteiger partial charge in [0.2, 0.25) is 0 Å². The topological polar surface area (TPSA) is 134 Å². The van der Waals surface area contributed by atoms with Crippen LogP contribution < -0.4 is 17.0 Å². The average Bonchev–Trinajstić information content (AvgIpc) is 2.82. The molecular formula is C24H20N6O. The minimum atomic E-state index is -0.289. The first-order valence-electron chi connectivity index (χ1n) is 9.66. The maximum absolute atomic E-state index is 12.2. The van der Waals surface area contributed by atoms with Crippen LogP contribution >= 0.6 is 0 Å². The van der Waals surface area contributed by atoms with Crippen molar-refractivity contribution in [2.24, 2.45) is 16.5 Å². The summed E-state index contributed by atoms with van der Waals surface area (Å²) in [6.07, 6.45) is 1.46. The number of nitrogens with two attached hydrogens (primary N) is 2. The van der Waals surface area contributed by atoms with E-state index in [1.54, 1.807) is 19.2 Å². The van der Waals surface area contributed by atoms with Crippen LogP contribution in [0.1, 0.15) is 22.4 Å². The van der Waals surface area contributed by atoms with Crippen molar-refractivity contribution in [3.63, 3.8) is 0 Å². The molecule has 7 nitrogen and oxygen atoms in total. The largest absolute Gasteiger partial charge is 0.404 e. The third-order valence-electron chi connectivity index (χ3n) is 5.31. The molecule has 5 N–H and O–H groups in total. The van der Waals surface area contributed by atoms with Crippen LogP contribution in [0.15, 0.2) is 70.6 Å². The zero-order valence-electron chi connectivity index (χ0n) is 16.9. The first kappa shape index (κ1) is 20.0. The molecule has 4 rings (SSSR count). The highest BCUT2D eigenvalue weighted by atomic mass is 16.1. The van der Waals surface area contributed by atoms with Gasteiger partial charge in [-0.2, -0.15) is 10.4 Å². The van der Waals surface area contributed by atoms with Gasteiger partial charge in [0.15, 0.2) is 0 Å². The Morgan fingerprint density at radius 2 is 1.97 bits per heavy atom. The van der Waals surface area contributed by atoms with E-state index in [9.17, 15) is 10.1 Å². The van der Waals surface area contributed by atoms with E-state index in [1.165, 1.54) is 6.20 Å². The number of rotatable bonds is 4. The van der Waals surface area contributed by atoms with E-state index in [-0.39, 0.29) is 12.1 Å². The summed E-state index contributed by atoms with van der Waals surface area (Å²) in [6, 6.07) is 19.2. The first-order chi connectivity index (χ1) is 15.1. The van der Waals surface area contributed by atoms with Gasteiger partial charge in [0.25, 0.3) is 5.56 Å². The van der Waals surface area contributed by atoms with E-state index < -0.39 is 0 Å². The fourth-order valence-corrected chi connectivity index (χ4v) is 3.83. The number of nitrogens with one attached hydrogen (secondary N) is 1. The number of fused-ring (bicyclic) bond motifs is 2. The maximum atomic E-state index is 12.2. The van der Waals surface area contributed by atoms with Crippen LogP contribution in [0.5, 0.6) is 0 Å². The van der Waals surface area contributed by atoms with Crippen molar-refractivity contribution in [3.05, 3.63) is 93.5 Å². The van der Waals surface area contributed by atoms with Crippen molar-refractivity contribution in [1.29, 1.82) is 5.26 Å². The Morgan fingerprint density at radius 3 is 2.68 bits per heavy atom. The molecule has 3 aromatic carbocycles. The number of allylic oxidation sites excluding steroid dienone is 1. The van der Waals surface area contributed by atoms with Gasteiger partial charge in [-0.15, -0.1) is 0 Å². The Labute approximate surface area is 178 Å². The number of aliphatic imine (C=N–C) groups is 1. The molecule has 0 aliphatic heterocycles. The van der Waals surface area contributed by atoms with Gasteiger partial charge in [0.1, 0.15) is 6.07 Å². The van der Waals surface area contributed by atoms with Gasteiger partial charge in [-0.25, -0.2) is 5.10 Å². The van der Waals surface area contributed by atoms with E-state index in [1.807, 2.05) is 42.5 Å². The second-order valence-corrected chi connectivity index (χ2v) is 6.94. The van der Waals surface area contributed by atoms with Gasteiger partial charge in [0.05, 0.1) is 22.4 Å². The fraction of sp³-hybridized carbons (Fsp3) is 0.0833. The number of aromatic nitrogens is 2. The first-order valence-corrected chi connectivity index (χ1v) is 9.66. The number of H-pyrrole nitrogens is 1. The summed E-state index contributed by atoms with van der Waals surface area (Å²) < 4.78 is 0. The van der Waals surface area contributed by atoms with Gasteiger partial charge in [0, 0.05) is 41.7 Å². The van der Waals surface area contributed by atoms with Gasteiger partial charge in [-0.05, 0) is 23.1 Å². The molecule has 0 spiro atoms. The summed E-state index contributed by atoms with van der Waals surface area (Å²) in [6.45, 7) is 0.177. The van der Waals surface area contributed by atoms with E-state index >= 15 is 0 Å². The SMILES string of the molecule is CN=C(/C(=C\N)c1ccc2c(=O)[nH]nc(CN)c2c1)c1ccc2ccccc2c1C#N. The Kier molecular flexibility index (Phi) is 5.31. The summed E-state index contributed by atoms with van der Waals surface area (Å²) >= 11 is 0. The van der Waals surface area contributed by atoms with Crippen LogP contribution in [0.2, 0.25) is 0 Å². The van der Waals surface area contributed by atoms with E-state index in [0.29, 0.717) is 38.9 Å². The Morgan fingerprint density at radius 1 is 1.16 bits per heavy atom. The van der Waals surface area contributed by atoms with Crippen LogP contribution in [0.25, 0.3) is 27.1 Å². The summed E-state index contributed by atoms with van der Waals surface area (Å²) in [7, 11) is 1.66. The summed E-state index contributed by atoms with van der Waals surface area (Å²) in [5.74, 6) is 0. The van der Waals surface area contributed by atoms with Gasteiger partial charge >= 0.3 is 0 Å². The molecule has 1 heterocycles. The minimum absolute atomic E-state index is 0.177. The molecule has 0 saturated heterocycles. The number of hydrogen-bond acceptors (Lipinski definition) is 6. The smallest absolute Gasteiger partial charge is 0.272 e. The van der Waals surface area contributed by atoms with E-state index in [4.69, 9.17) is 11.5 Å². The van der Waals surface area contributed by atoms with Crippen LogP contribution in [0.4, 0.5) is 0 Å². The molecule has 31 heavy (non-hydrogen) atoms. The lowest BCUT2D eigenvalue weighted by Crippen LogP contribution is -2.14. The van der Waals surface area contributed by atoms with Crippen molar-refractivity contribution in [2.45, 2.75) is 6.54 Å². The molecule has 4 aromatic rings. The van der Waals surface area contributed by atoms with Crippen LogP contribution in [0, 0.1) is 11.3 Å². The number of nitrogens with zero attached hydrogens (tertiary/aromatic N) is 3. The van der Waals surface area contributed by atoms with Crippen LogP contribution in [-0.4, -0.2) is 23.0 Å². The maximum Gasteiger partial charge on any atom is 0.272 e. The predicted octanol–water partition coefficient (Wildman–Crippen LogP) is 2.83. The van der Waals surface area contributed by atoms with Crippen molar-refractivity contribution in [1.82, 2.24) is 10.2 Å². The van der Waals surface area contributed by atoms with Crippen molar-refractivity contribution in [2.75, 3.05) is 7.05 Å². The Bertz CT molecular complexity index is 1470. The quantitative estimate of drug-likeness (QED) is 0.446. The van der Waals surface area contributed by atoms with Gasteiger partial charge in [-0.1, -0.05) is 42.5 Å². The summed E-state index contributed by atoms with van der Waals surface area (Å²) in [5.41, 5.74) is 15.3. The molecule has 0 unspecified atom stereocenters. The van der Waals surface area contributed by atoms with Crippen LogP contribution in [0.3, 0.4) is 0 Å². The highest BCUT2D eigenvalue weighted by Gasteiger charge is 2.18. The number of nitriles is 1. The standard InChI is InChI=1S/C24H20N6O/c1-28-23(17-8-6-14-4-2-3-5-16(14)21(17)12-26)20(11-25)15-7-9-18-19(10-15)22(13-27)29-30-24(18)31/h2-11H,13,25,27H2,1H3,(H,30,31)/b20-11-,28-23?. The number of hydrogen-bond donors (Lipinski definition) is 3. The van der Waals surface area contributed by atoms with Crippen molar-refractivity contribution >= 4 is 32.8 Å². The van der Waals surface area contributed by atoms with Gasteiger partial charge in [-0.3, -0.25) is 9.79 Å². The van der Waals surface area contributed by atoms with E-state index in [2.05, 4.69) is 21.3 Å². The van der Waals surface area contributed by atoms with Crippen molar-refractivity contribution in [3.8, 4) is 6.07 Å². The second kappa shape index (κ2) is 8.22. The summed E-state index contributed by atoms with van der Waals surface area (Å²) in [5, 5.41) is 19.4. The van der Waals surface area contributed by atoms with Crippen LogP contribution in [-0.2, 0) is 6.54 Å². The Balaban J connectivity index is 1.93. The van der Waals surface area contributed by atoms with Gasteiger partial charge < -0.3 is 11.5 Å². The monoisotopic (exact) mass is 408 g/mol. The number of aromatic amines is 1. The van der Waals surface area contributed by atoms with Crippen molar-refractivity contribution < 1.29 is 0 Å². The lowest BCUT2D eigenvalue weighted by Gasteiger charge is -2.15. The molecule has 0 aliphatic rings. The summed E-state index contributed by atoms with van der Waals surface area (Å²) in [4.78, 5) is 16.6. The zero-order valence-corrected chi connectivity index (χ0v) is 16.9. The average molecular weight is 408 g/mol. The molecule has 0 radical (unpaired) electrons. The molecule has 0 fully saturated rings. The normalized spacial score (nSPS) is 12.3. The molecular weight excluding hydrogens is 388 g/mol. The predicted molar refractivity (Wildman–Crippen MR) is 124 cm³/mol. The lowest BCUT2D eigenvalue weighted by molar-refractivity contribution is 0.900.